The zero-order valence-corrected chi connectivity index (χ0v) is 6.59. The Hall–Kier alpha value is -0.830. The van der Waals surface area contributed by atoms with Crippen LogP contribution in [0.15, 0.2) is 6.20 Å². The van der Waals surface area contributed by atoms with Crippen molar-refractivity contribution in [1.82, 2.24) is 9.55 Å². The third-order valence-corrected chi connectivity index (χ3v) is 1.51. The molecular weight excluding hydrogens is 128 g/mol. The molecule has 56 valence electrons. The first-order valence-electron chi connectivity index (χ1n) is 3.23. The van der Waals surface area contributed by atoms with Gasteiger partial charge in [0.2, 0.25) is 0 Å². The molecule has 0 aliphatic carbocycles. The second-order valence-corrected chi connectivity index (χ2v) is 2.29. The Morgan fingerprint density at radius 3 is 2.70 bits per heavy atom. The lowest BCUT2D eigenvalue weighted by molar-refractivity contribution is 0.128. The minimum Gasteiger partial charge on any atom is -0.364 e. The number of hydrogen-bond acceptors (Lipinski definition) is 2. The monoisotopic (exact) mass is 140 g/mol. The van der Waals surface area contributed by atoms with Crippen LogP contribution in [0.3, 0.4) is 0 Å². The highest BCUT2D eigenvalue weighted by Crippen LogP contribution is 2.01. The van der Waals surface area contributed by atoms with Gasteiger partial charge in [-0.1, -0.05) is 0 Å². The first-order valence-corrected chi connectivity index (χ1v) is 3.23. The number of rotatable bonds is 2. The van der Waals surface area contributed by atoms with Crippen molar-refractivity contribution in [3.63, 3.8) is 0 Å². The molecule has 0 unspecified atom stereocenters. The molecular formula is C7H12N2O. The molecule has 0 spiro atoms. The van der Waals surface area contributed by atoms with Crippen LogP contribution in [0.4, 0.5) is 0 Å². The molecule has 0 fully saturated rings. The van der Waals surface area contributed by atoms with E-state index in [4.69, 9.17) is 4.74 Å². The molecule has 0 amide bonds. The van der Waals surface area contributed by atoms with Gasteiger partial charge in [-0.2, -0.15) is 0 Å². The van der Waals surface area contributed by atoms with Crippen LogP contribution < -0.4 is 0 Å². The number of aryl methyl sites for hydroxylation is 2. The number of imidazole rings is 1. The van der Waals surface area contributed by atoms with Crippen molar-refractivity contribution in [2.45, 2.75) is 20.6 Å². The van der Waals surface area contributed by atoms with Crippen molar-refractivity contribution in [3.05, 3.63) is 17.7 Å². The second-order valence-electron chi connectivity index (χ2n) is 2.29. The van der Waals surface area contributed by atoms with Gasteiger partial charge in [-0.15, -0.1) is 0 Å². The fraction of sp³-hybridized carbons (Fsp3) is 0.571. The summed E-state index contributed by atoms with van der Waals surface area (Å²) in [4.78, 5) is 4.12. The molecule has 1 aromatic rings. The molecule has 0 aromatic carbocycles. The van der Waals surface area contributed by atoms with Crippen molar-refractivity contribution >= 4 is 0 Å². The van der Waals surface area contributed by atoms with E-state index in [2.05, 4.69) is 4.98 Å². The Bertz CT molecular complexity index is 198. The summed E-state index contributed by atoms with van der Waals surface area (Å²) in [6.45, 7) is 4.57. The lowest BCUT2D eigenvalue weighted by Gasteiger charge is -2.04. The molecule has 1 heterocycles. The Kier molecular flexibility index (Phi) is 2.06. The van der Waals surface area contributed by atoms with Crippen molar-refractivity contribution in [1.29, 1.82) is 0 Å². The van der Waals surface area contributed by atoms with E-state index < -0.39 is 0 Å². The summed E-state index contributed by atoms with van der Waals surface area (Å²) < 4.78 is 6.98. The molecule has 0 radical (unpaired) electrons. The van der Waals surface area contributed by atoms with Crippen LogP contribution in [0.1, 0.15) is 11.5 Å². The first-order chi connectivity index (χ1) is 4.75. The van der Waals surface area contributed by atoms with E-state index in [1.807, 2.05) is 24.6 Å². The van der Waals surface area contributed by atoms with Gasteiger partial charge in [0.05, 0.1) is 0 Å². The molecule has 3 heteroatoms. The van der Waals surface area contributed by atoms with Crippen LogP contribution in [0.5, 0.6) is 0 Å². The van der Waals surface area contributed by atoms with Crippen molar-refractivity contribution < 1.29 is 4.74 Å². The Labute approximate surface area is 60.6 Å². The van der Waals surface area contributed by atoms with Gasteiger partial charge >= 0.3 is 0 Å². The zero-order valence-electron chi connectivity index (χ0n) is 6.59. The molecule has 0 saturated heterocycles. The fourth-order valence-corrected chi connectivity index (χ4v) is 0.906. The summed E-state index contributed by atoms with van der Waals surface area (Å²) in [6.07, 6.45) is 1.84. The average Bonchev–Trinajstić information content (AvgIpc) is 2.20. The summed E-state index contributed by atoms with van der Waals surface area (Å²) in [5, 5.41) is 0. The number of hydrogen-bond donors (Lipinski definition) is 0. The number of nitrogens with zero attached hydrogens (tertiary/aromatic N) is 2. The molecule has 0 bridgehead atoms. The smallest absolute Gasteiger partial charge is 0.123 e. The molecule has 10 heavy (non-hydrogen) atoms. The summed E-state index contributed by atoms with van der Waals surface area (Å²) in [7, 11) is 1.68. The van der Waals surface area contributed by atoms with Crippen LogP contribution in [0.2, 0.25) is 0 Å². The summed E-state index contributed by atoms with van der Waals surface area (Å²) >= 11 is 0. The third kappa shape index (κ3) is 1.19. The highest BCUT2D eigenvalue weighted by molar-refractivity contribution is 5.00. The highest BCUT2D eigenvalue weighted by atomic mass is 16.5. The summed E-state index contributed by atoms with van der Waals surface area (Å²) in [5.41, 5.74) is 1.14. The Morgan fingerprint density at radius 2 is 2.30 bits per heavy atom. The van der Waals surface area contributed by atoms with Crippen LogP contribution in [-0.4, -0.2) is 16.7 Å². The zero-order chi connectivity index (χ0) is 7.56. The van der Waals surface area contributed by atoms with E-state index in [-0.39, 0.29) is 0 Å². The lowest BCUT2D eigenvalue weighted by atomic mass is 10.5. The Morgan fingerprint density at radius 1 is 1.60 bits per heavy atom. The minimum atomic E-state index is 0.595. The van der Waals surface area contributed by atoms with Gasteiger partial charge in [0.15, 0.2) is 0 Å². The van der Waals surface area contributed by atoms with E-state index in [0.717, 1.165) is 11.5 Å². The maximum atomic E-state index is 4.97. The fourth-order valence-electron chi connectivity index (χ4n) is 0.906. The molecule has 0 aliphatic heterocycles. The number of methoxy groups -OCH3 is 1. The summed E-state index contributed by atoms with van der Waals surface area (Å²) in [5.74, 6) is 0.999. The van der Waals surface area contributed by atoms with Gasteiger partial charge in [0.25, 0.3) is 0 Å². The van der Waals surface area contributed by atoms with Gasteiger partial charge in [-0.05, 0) is 13.8 Å². The second kappa shape index (κ2) is 2.84. The van der Waals surface area contributed by atoms with Gasteiger partial charge < -0.3 is 9.30 Å². The largest absolute Gasteiger partial charge is 0.364 e. The van der Waals surface area contributed by atoms with E-state index >= 15 is 0 Å². The minimum absolute atomic E-state index is 0.595. The van der Waals surface area contributed by atoms with Crippen LogP contribution in [-0.2, 0) is 11.5 Å². The highest BCUT2D eigenvalue weighted by Gasteiger charge is 1.99. The van der Waals surface area contributed by atoms with Crippen molar-refractivity contribution in [2.24, 2.45) is 0 Å². The van der Waals surface area contributed by atoms with Gasteiger partial charge in [0, 0.05) is 19.0 Å². The topological polar surface area (TPSA) is 27.1 Å². The molecule has 0 aliphatic rings. The molecule has 3 nitrogen and oxygen atoms in total. The van der Waals surface area contributed by atoms with Gasteiger partial charge in [-0.3, -0.25) is 0 Å². The molecule has 1 rings (SSSR count). The average molecular weight is 140 g/mol. The first kappa shape index (κ1) is 7.28. The van der Waals surface area contributed by atoms with E-state index in [9.17, 15) is 0 Å². The van der Waals surface area contributed by atoms with E-state index in [1.165, 1.54) is 0 Å². The SMILES string of the molecule is COCn1c(C)cnc1C. The predicted octanol–water partition coefficient (Wildman–Crippen LogP) is 1.10. The molecule has 1 aromatic heterocycles. The maximum Gasteiger partial charge on any atom is 0.123 e. The number of ether oxygens (including phenoxy) is 1. The third-order valence-electron chi connectivity index (χ3n) is 1.51. The molecule has 0 atom stereocenters. The van der Waals surface area contributed by atoms with Gasteiger partial charge in [-0.25, -0.2) is 4.98 Å². The van der Waals surface area contributed by atoms with Gasteiger partial charge in [0.1, 0.15) is 12.6 Å². The Balaban J connectivity index is 2.87. The molecule has 0 N–H and O–H groups in total. The standard InChI is InChI=1S/C7H12N2O/c1-6-4-8-7(2)9(6)5-10-3/h4H,5H2,1-3H3. The van der Waals surface area contributed by atoms with Crippen molar-refractivity contribution in [3.8, 4) is 0 Å². The maximum absolute atomic E-state index is 4.97. The van der Waals surface area contributed by atoms with Crippen LogP contribution in [0, 0.1) is 13.8 Å². The normalized spacial score (nSPS) is 10.3. The van der Waals surface area contributed by atoms with Crippen LogP contribution >= 0.6 is 0 Å². The van der Waals surface area contributed by atoms with E-state index in [0.29, 0.717) is 6.73 Å². The summed E-state index contributed by atoms with van der Waals surface area (Å²) in [6, 6.07) is 0. The number of aromatic nitrogens is 2. The lowest BCUT2D eigenvalue weighted by Crippen LogP contribution is -2.03. The van der Waals surface area contributed by atoms with Crippen molar-refractivity contribution in [2.75, 3.05) is 7.11 Å². The molecule has 0 saturated carbocycles. The van der Waals surface area contributed by atoms with Crippen LogP contribution in [0.25, 0.3) is 0 Å². The van der Waals surface area contributed by atoms with E-state index in [1.54, 1.807) is 7.11 Å². The quantitative estimate of drug-likeness (QED) is 0.615. The predicted molar refractivity (Wildman–Crippen MR) is 38.7 cm³/mol.